The third-order valence-corrected chi connectivity index (χ3v) is 4.21. The maximum absolute atomic E-state index is 12.6. The summed E-state index contributed by atoms with van der Waals surface area (Å²) in [5, 5.41) is 3.22. The Morgan fingerprint density at radius 2 is 1.78 bits per heavy atom. The Bertz CT molecular complexity index is 818. The lowest BCUT2D eigenvalue weighted by Crippen LogP contribution is -2.06. The monoisotopic (exact) mass is 355 g/mol. The number of hydrogen-bond acceptors (Lipinski definition) is 4. The quantitative estimate of drug-likeness (QED) is 0.662. The lowest BCUT2D eigenvalue weighted by atomic mass is 10.2. The van der Waals surface area contributed by atoms with Gasteiger partial charge >= 0.3 is 6.18 Å². The van der Waals surface area contributed by atoms with E-state index in [9.17, 15) is 13.2 Å². The molecular formula is C15H9ClF3N3S. The second-order valence-electron chi connectivity index (χ2n) is 4.57. The van der Waals surface area contributed by atoms with Crippen molar-refractivity contribution in [1.82, 2.24) is 9.97 Å². The van der Waals surface area contributed by atoms with E-state index in [4.69, 9.17) is 11.6 Å². The van der Waals surface area contributed by atoms with Crippen molar-refractivity contribution in [3.8, 4) is 10.4 Å². The molecule has 0 radical (unpaired) electrons. The van der Waals surface area contributed by atoms with Crippen molar-refractivity contribution in [1.29, 1.82) is 0 Å². The van der Waals surface area contributed by atoms with Crippen LogP contribution in [0.25, 0.3) is 10.4 Å². The number of thiazole rings is 1. The number of hydrogen-bond donors (Lipinski definition) is 1. The van der Waals surface area contributed by atoms with Crippen LogP contribution in [-0.4, -0.2) is 9.97 Å². The average Bonchev–Trinajstić information content (AvgIpc) is 2.98. The molecule has 8 heteroatoms. The van der Waals surface area contributed by atoms with Crippen molar-refractivity contribution in [3.63, 3.8) is 0 Å². The minimum absolute atomic E-state index is 0.115. The van der Waals surface area contributed by atoms with Crippen LogP contribution in [0.2, 0.25) is 5.02 Å². The van der Waals surface area contributed by atoms with Crippen LogP contribution in [0.5, 0.6) is 0 Å². The molecule has 0 aliphatic rings. The molecule has 0 atom stereocenters. The molecule has 0 amide bonds. The summed E-state index contributed by atoms with van der Waals surface area (Å²) in [7, 11) is 0. The van der Waals surface area contributed by atoms with Crippen molar-refractivity contribution in [2.45, 2.75) is 6.18 Å². The van der Waals surface area contributed by atoms with Crippen LogP contribution < -0.4 is 5.32 Å². The molecule has 1 N–H and O–H groups in total. The number of anilines is 2. The molecule has 0 saturated heterocycles. The third kappa shape index (κ3) is 3.62. The van der Waals surface area contributed by atoms with Crippen LogP contribution in [0.1, 0.15) is 5.56 Å². The molecule has 23 heavy (non-hydrogen) atoms. The highest BCUT2D eigenvalue weighted by molar-refractivity contribution is 7.18. The zero-order valence-electron chi connectivity index (χ0n) is 11.4. The topological polar surface area (TPSA) is 37.8 Å². The maximum atomic E-state index is 12.6. The SMILES string of the molecule is FC(F)(F)c1cnc(Nc2ncc(-c3ccccc3)s2)c(Cl)c1. The predicted molar refractivity (Wildman–Crippen MR) is 85.1 cm³/mol. The number of benzene rings is 1. The average molecular weight is 356 g/mol. The van der Waals surface area contributed by atoms with Gasteiger partial charge in [-0.2, -0.15) is 13.2 Å². The van der Waals surface area contributed by atoms with Gasteiger partial charge in [0.1, 0.15) is 0 Å². The first-order valence-corrected chi connectivity index (χ1v) is 7.64. The lowest BCUT2D eigenvalue weighted by Gasteiger charge is -2.09. The van der Waals surface area contributed by atoms with E-state index in [1.165, 1.54) is 11.3 Å². The Morgan fingerprint density at radius 3 is 2.43 bits per heavy atom. The molecule has 118 valence electrons. The fourth-order valence-electron chi connectivity index (χ4n) is 1.85. The Morgan fingerprint density at radius 1 is 1.04 bits per heavy atom. The first-order chi connectivity index (χ1) is 10.9. The number of halogens is 4. The third-order valence-electron chi connectivity index (χ3n) is 2.96. The molecule has 0 fully saturated rings. The summed E-state index contributed by atoms with van der Waals surface area (Å²) in [4.78, 5) is 8.84. The van der Waals surface area contributed by atoms with Crippen LogP contribution in [0.15, 0.2) is 48.8 Å². The number of nitrogens with zero attached hydrogens (tertiary/aromatic N) is 2. The Hall–Kier alpha value is -2.12. The summed E-state index contributed by atoms with van der Waals surface area (Å²) >= 11 is 7.22. The fourth-order valence-corrected chi connectivity index (χ4v) is 2.89. The van der Waals surface area contributed by atoms with Crippen molar-refractivity contribution in [2.75, 3.05) is 5.32 Å². The second-order valence-corrected chi connectivity index (χ2v) is 6.01. The van der Waals surface area contributed by atoms with Crippen LogP contribution in [0.4, 0.5) is 24.1 Å². The lowest BCUT2D eigenvalue weighted by molar-refractivity contribution is -0.137. The van der Waals surface area contributed by atoms with Gasteiger partial charge in [-0.25, -0.2) is 9.97 Å². The minimum Gasteiger partial charge on any atom is -0.315 e. The highest BCUT2D eigenvalue weighted by Gasteiger charge is 2.31. The largest absolute Gasteiger partial charge is 0.417 e. The molecular weight excluding hydrogens is 347 g/mol. The summed E-state index contributed by atoms with van der Waals surface area (Å²) in [5.41, 5.74) is 0.113. The van der Waals surface area contributed by atoms with Gasteiger partial charge in [-0.3, -0.25) is 0 Å². The summed E-state index contributed by atoms with van der Waals surface area (Å²) in [6.07, 6.45) is -2.06. The van der Waals surface area contributed by atoms with Gasteiger partial charge in [0, 0.05) is 12.4 Å². The molecule has 3 rings (SSSR count). The predicted octanol–water partition coefficient (Wildman–Crippen LogP) is 5.62. The fraction of sp³-hybridized carbons (Fsp3) is 0.0667. The number of aromatic nitrogens is 2. The number of pyridine rings is 1. The molecule has 0 unspecified atom stereocenters. The van der Waals surface area contributed by atoms with Crippen molar-refractivity contribution in [3.05, 3.63) is 59.4 Å². The zero-order chi connectivity index (χ0) is 16.4. The summed E-state index contributed by atoms with van der Waals surface area (Å²) in [5.74, 6) is 0.133. The summed E-state index contributed by atoms with van der Waals surface area (Å²) in [6.45, 7) is 0. The Labute approximate surface area is 138 Å². The molecule has 3 aromatic rings. The molecule has 1 aromatic carbocycles. The van der Waals surface area contributed by atoms with E-state index >= 15 is 0 Å². The Balaban J connectivity index is 1.82. The van der Waals surface area contributed by atoms with E-state index in [1.807, 2.05) is 30.3 Å². The van der Waals surface area contributed by atoms with Gasteiger partial charge in [0.25, 0.3) is 0 Å². The van der Waals surface area contributed by atoms with E-state index in [0.717, 1.165) is 22.7 Å². The molecule has 0 saturated carbocycles. The van der Waals surface area contributed by atoms with Gasteiger partial charge in [-0.05, 0) is 11.6 Å². The van der Waals surface area contributed by atoms with E-state index in [1.54, 1.807) is 6.20 Å². The normalized spacial score (nSPS) is 11.5. The van der Waals surface area contributed by atoms with E-state index < -0.39 is 11.7 Å². The maximum Gasteiger partial charge on any atom is 0.417 e. The van der Waals surface area contributed by atoms with E-state index in [2.05, 4.69) is 15.3 Å². The van der Waals surface area contributed by atoms with E-state index in [0.29, 0.717) is 5.13 Å². The molecule has 0 aliphatic carbocycles. The van der Waals surface area contributed by atoms with Gasteiger partial charge in [-0.15, -0.1) is 0 Å². The molecule has 2 heterocycles. The molecule has 0 aliphatic heterocycles. The first-order valence-electron chi connectivity index (χ1n) is 6.44. The van der Waals surface area contributed by atoms with Crippen molar-refractivity contribution >= 4 is 33.9 Å². The van der Waals surface area contributed by atoms with Gasteiger partial charge in [0.2, 0.25) is 0 Å². The molecule has 2 aromatic heterocycles. The van der Waals surface area contributed by atoms with Gasteiger partial charge in [0.15, 0.2) is 10.9 Å². The molecule has 0 bridgehead atoms. The van der Waals surface area contributed by atoms with Crippen molar-refractivity contribution in [2.24, 2.45) is 0 Å². The first kappa shape index (κ1) is 15.8. The smallest absolute Gasteiger partial charge is 0.315 e. The number of rotatable bonds is 3. The molecule has 3 nitrogen and oxygen atoms in total. The number of alkyl halides is 3. The zero-order valence-corrected chi connectivity index (χ0v) is 13.0. The second kappa shape index (κ2) is 6.17. The molecule has 0 spiro atoms. The Kier molecular flexibility index (Phi) is 4.23. The van der Waals surface area contributed by atoms with Crippen LogP contribution in [-0.2, 0) is 6.18 Å². The highest BCUT2D eigenvalue weighted by Crippen LogP contribution is 2.35. The standard InChI is InChI=1S/C15H9ClF3N3S/c16-11-6-10(15(17,18)19)7-20-13(11)22-14-21-8-12(23-14)9-4-2-1-3-5-9/h1-8H,(H,20,21,22). The van der Waals surface area contributed by atoms with Gasteiger partial charge in [-0.1, -0.05) is 53.3 Å². The summed E-state index contributed by atoms with van der Waals surface area (Å²) in [6, 6.07) is 10.5. The highest BCUT2D eigenvalue weighted by atomic mass is 35.5. The van der Waals surface area contributed by atoms with E-state index in [-0.39, 0.29) is 10.8 Å². The van der Waals surface area contributed by atoms with Crippen LogP contribution >= 0.6 is 22.9 Å². The van der Waals surface area contributed by atoms with Crippen LogP contribution in [0.3, 0.4) is 0 Å². The number of nitrogens with one attached hydrogen (secondary N) is 1. The van der Waals surface area contributed by atoms with Crippen molar-refractivity contribution < 1.29 is 13.2 Å². The summed E-state index contributed by atoms with van der Waals surface area (Å²) < 4.78 is 37.8. The van der Waals surface area contributed by atoms with Gasteiger partial charge < -0.3 is 5.32 Å². The van der Waals surface area contributed by atoms with Gasteiger partial charge in [0.05, 0.1) is 15.5 Å². The minimum atomic E-state index is -4.48. The van der Waals surface area contributed by atoms with Crippen LogP contribution in [0, 0.1) is 0 Å².